The highest BCUT2D eigenvalue weighted by atomic mass is 32.2. The number of nitrogens with two attached hydrogens (primary N) is 1. The Hall–Kier alpha value is -1.70. The summed E-state index contributed by atoms with van der Waals surface area (Å²) in [5, 5.41) is 0. The van der Waals surface area contributed by atoms with Gasteiger partial charge in [0.1, 0.15) is 4.90 Å². The summed E-state index contributed by atoms with van der Waals surface area (Å²) >= 11 is 1.59. The van der Waals surface area contributed by atoms with Crippen molar-refractivity contribution < 1.29 is 8.42 Å². The Morgan fingerprint density at radius 1 is 1.05 bits per heavy atom. The van der Waals surface area contributed by atoms with E-state index in [0.29, 0.717) is 11.4 Å². The standard InChI is InChI=1S/C13H15N3O2S2/c1-19-11-8-6-10(7-9-11)16-20(17,18)13-5-3-2-4-12(13)15-14/h2-9,15-16H,14H2,1H3. The van der Waals surface area contributed by atoms with Gasteiger partial charge in [-0.3, -0.25) is 10.6 Å². The summed E-state index contributed by atoms with van der Waals surface area (Å²) in [6.07, 6.45) is 1.96. The molecule has 0 atom stereocenters. The number of benzene rings is 2. The molecule has 0 heterocycles. The molecule has 5 nitrogen and oxygen atoms in total. The van der Waals surface area contributed by atoms with E-state index < -0.39 is 10.0 Å². The second-order valence-corrected chi connectivity index (χ2v) is 6.50. The zero-order valence-corrected chi connectivity index (χ0v) is 12.5. The maximum Gasteiger partial charge on any atom is 0.264 e. The van der Waals surface area contributed by atoms with Crippen LogP contribution in [0, 0.1) is 0 Å². The van der Waals surface area contributed by atoms with Gasteiger partial charge in [-0.15, -0.1) is 11.8 Å². The predicted molar refractivity (Wildman–Crippen MR) is 83.3 cm³/mol. The molecule has 106 valence electrons. The number of hydrogen-bond donors (Lipinski definition) is 3. The van der Waals surface area contributed by atoms with Crippen LogP contribution in [-0.2, 0) is 10.0 Å². The van der Waals surface area contributed by atoms with Crippen molar-refractivity contribution in [1.82, 2.24) is 0 Å². The van der Waals surface area contributed by atoms with Gasteiger partial charge >= 0.3 is 0 Å². The number of para-hydroxylation sites is 1. The van der Waals surface area contributed by atoms with Crippen LogP contribution in [0.4, 0.5) is 11.4 Å². The zero-order valence-electron chi connectivity index (χ0n) is 10.8. The first-order valence-corrected chi connectivity index (χ1v) is 8.50. The molecule has 2 aromatic rings. The van der Waals surface area contributed by atoms with Crippen LogP contribution >= 0.6 is 11.8 Å². The van der Waals surface area contributed by atoms with E-state index >= 15 is 0 Å². The Balaban J connectivity index is 2.30. The number of hydrogen-bond acceptors (Lipinski definition) is 5. The van der Waals surface area contributed by atoms with Gasteiger partial charge in [0, 0.05) is 10.6 Å². The van der Waals surface area contributed by atoms with E-state index in [1.807, 2.05) is 18.4 Å². The van der Waals surface area contributed by atoms with Crippen molar-refractivity contribution in [3.8, 4) is 0 Å². The van der Waals surface area contributed by atoms with Gasteiger partial charge in [0.05, 0.1) is 5.69 Å². The largest absolute Gasteiger partial charge is 0.323 e. The Kier molecular flexibility index (Phi) is 4.53. The lowest BCUT2D eigenvalue weighted by atomic mass is 10.3. The maximum atomic E-state index is 12.3. The van der Waals surface area contributed by atoms with Crippen LogP contribution in [-0.4, -0.2) is 14.7 Å². The molecule has 0 fully saturated rings. The smallest absolute Gasteiger partial charge is 0.264 e. The summed E-state index contributed by atoms with van der Waals surface area (Å²) in [5.74, 6) is 5.33. The summed E-state index contributed by atoms with van der Waals surface area (Å²) < 4.78 is 27.2. The minimum Gasteiger partial charge on any atom is -0.323 e. The quantitative estimate of drug-likeness (QED) is 0.449. The molecule has 2 rings (SSSR count). The molecule has 7 heteroatoms. The molecule has 0 aliphatic carbocycles. The fourth-order valence-electron chi connectivity index (χ4n) is 1.69. The van der Waals surface area contributed by atoms with Crippen molar-refractivity contribution in [1.29, 1.82) is 0 Å². The molecule has 0 aliphatic heterocycles. The second kappa shape index (κ2) is 6.17. The predicted octanol–water partition coefficient (Wildman–Crippen LogP) is 2.49. The van der Waals surface area contributed by atoms with E-state index in [1.54, 1.807) is 42.1 Å². The second-order valence-electron chi connectivity index (χ2n) is 3.97. The Morgan fingerprint density at radius 2 is 1.70 bits per heavy atom. The molecular formula is C13H15N3O2S2. The number of thioether (sulfide) groups is 1. The summed E-state index contributed by atoms with van der Waals surface area (Å²) in [6.45, 7) is 0. The van der Waals surface area contributed by atoms with Crippen LogP contribution in [0.1, 0.15) is 0 Å². The van der Waals surface area contributed by atoms with Crippen molar-refractivity contribution in [2.24, 2.45) is 5.84 Å². The first-order chi connectivity index (χ1) is 9.56. The number of nitrogen functional groups attached to an aromatic ring is 1. The summed E-state index contributed by atoms with van der Waals surface area (Å²) in [5.41, 5.74) is 3.24. The molecular weight excluding hydrogens is 294 g/mol. The molecule has 0 amide bonds. The molecule has 0 radical (unpaired) electrons. The third-order valence-corrected chi connectivity index (χ3v) is 4.86. The fraction of sp³-hybridized carbons (Fsp3) is 0.0769. The van der Waals surface area contributed by atoms with Crippen LogP contribution in [0.5, 0.6) is 0 Å². The van der Waals surface area contributed by atoms with Crippen LogP contribution < -0.4 is 16.0 Å². The highest BCUT2D eigenvalue weighted by molar-refractivity contribution is 7.98. The summed E-state index contributed by atoms with van der Waals surface area (Å²) in [7, 11) is -3.67. The van der Waals surface area contributed by atoms with Crippen LogP contribution in [0.15, 0.2) is 58.3 Å². The maximum absolute atomic E-state index is 12.3. The monoisotopic (exact) mass is 309 g/mol. The fourth-order valence-corrected chi connectivity index (χ4v) is 3.33. The molecule has 0 aromatic heterocycles. The van der Waals surface area contributed by atoms with Gasteiger partial charge < -0.3 is 5.43 Å². The molecule has 0 spiro atoms. The number of anilines is 2. The van der Waals surface area contributed by atoms with Gasteiger partial charge in [-0.1, -0.05) is 12.1 Å². The highest BCUT2D eigenvalue weighted by Crippen LogP contribution is 2.24. The van der Waals surface area contributed by atoms with Crippen LogP contribution in [0.25, 0.3) is 0 Å². The molecule has 20 heavy (non-hydrogen) atoms. The Labute approximate surface area is 122 Å². The minimum atomic E-state index is -3.67. The Morgan fingerprint density at radius 3 is 2.30 bits per heavy atom. The van der Waals surface area contributed by atoms with E-state index in [2.05, 4.69) is 10.1 Å². The number of rotatable bonds is 5. The van der Waals surface area contributed by atoms with Crippen LogP contribution in [0.3, 0.4) is 0 Å². The van der Waals surface area contributed by atoms with Gasteiger partial charge in [-0.2, -0.15) is 0 Å². The minimum absolute atomic E-state index is 0.108. The van der Waals surface area contributed by atoms with Crippen molar-refractivity contribution >= 4 is 33.2 Å². The number of nitrogens with one attached hydrogen (secondary N) is 2. The molecule has 2 aromatic carbocycles. The molecule has 0 saturated heterocycles. The van der Waals surface area contributed by atoms with Gasteiger partial charge in [-0.25, -0.2) is 8.42 Å². The van der Waals surface area contributed by atoms with E-state index in [0.717, 1.165) is 4.90 Å². The van der Waals surface area contributed by atoms with E-state index in [-0.39, 0.29) is 4.90 Å². The Bertz CT molecular complexity index is 685. The average molecular weight is 309 g/mol. The third-order valence-electron chi connectivity index (χ3n) is 2.67. The number of sulfonamides is 1. The van der Waals surface area contributed by atoms with Gasteiger partial charge in [0.2, 0.25) is 0 Å². The van der Waals surface area contributed by atoms with Gasteiger partial charge in [0.25, 0.3) is 10.0 Å². The first kappa shape index (κ1) is 14.7. The van der Waals surface area contributed by atoms with Crippen molar-refractivity contribution in [3.05, 3.63) is 48.5 Å². The molecule has 0 aliphatic rings. The molecule has 4 N–H and O–H groups in total. The van der Waals surface area contributed by atoms with E-state index in [4.69, 9.17) is 5.84 Å². The first-order valence-electron chi connectivity index (χ1n) is 5.79. The SMILES string of the molecule is CSc1ccc(NS(=O)(=O)c2ccccc2NN)cc1. The molecule has 0 saturated carbocycles. The third kappa shape index (κ3) is 3.24. The normalized spacial score (nSPS) is 11.1. The van der Waals surface area contributed by atoms with Crippen molar-refractivity contribution in [2.75, 3.05) is 16.4 Å². The average Bonchev–Trinajstić information content (AvgIpc) is 2.47. The van der Waals surface area contributed by atoms with E-state index in [1.165, 1.54) is 6.07 Å². The number of hydrazine groups is 1. The molecule has 0 bridgehead atoms. The molecule has 0 unspecified atom stereocenters. The lowest BCUT2D eigenvalue weighted by molar-refractivity contribution is 0.601. The van der Waals surface area contributed by atoms with Crippen LogP contribution in [0.2, 0.25) is 0 Å². The van der Waals surface area contributed by atoms with Gasteiger partial charge in [-0.05, 0) is 42.7 Å². The highest BCUT2D eigenvalue weighted by Gasteiger charge is 2.17. The van der Waals surface area contributed by atoms with Crippen molar-refractivity contribution in [3.63, 3.8) is 0 Å². The topological polar surface area (TPSA) is 84.2 Å². The summed E-state index contributed by atoms with van der Waals surface area (Å²) in [4.78, 5) is 1.17. The van der Waals surface area contributed by atoms with Crippen molar-refractivity contribution in [2.45, 2.75) is 9.79 Å². The van der Waals surface area contributed by atoms with Gasteiger partial charge in [0.15, 0.2) is 0 Å². The lowest BCUT2D eigenvalue weighted by Gasteiger charge is -2.11. The summed E-state index contributed by atoms with van der Waals surface area (Å²) in [6, 6.07) is 13.6. The lowest BCUT2D eigenvalue weighted by Crippen LogP contribution is -2.17. The van der Waals surface area contributed by atoms with E-state index in [9.17, 15) is 8.42 Å². The zero-order chi connectivity index (χ0) is 14.6.